The number of nitrogens with one attached hydrogen (secondary N) is 1. The number of rotatable bonds is 5. The Balaban J connectivity index is 1.59. The van der Waals surface area contributed by atoms with Gasteiger partial charge in [-0.25, -0.2) is 4.98 Å². The predicted molar refractivity (Wildman–Crippen MR) is 90.2 cm³/mol. The Labute approximate surface area is 144 Å². The monoisotopic (exact) mass is 367 g/mol. The van der Waals surface area contributed by atoms with E-state index in [1.807, 2.05) is 0 Å². The van der Waals surface area contributed by atoms with Crippen LogP contribution in [0.25, 0.3) is 11.2 Å². The second-order valence-electron chi connectivity index (χ2n) is 6.53. The van der Waals surface area contributed by atoms with Gasteiger partial charge in [0.2, 0.25) is 15.0 Å². The molecule has 0 spiro atoms. The van der Waals surface area contributed by atoms with E-state index in [1.165, 1.54) is 10.9 Å². The van der Waals surface area contributed by atoms with Crippen LogP contribution in [0.5, 0.6) is 0 Å². The van der Waals surface area contributed by atoms with Gasteiger partial charge in [-0.3, -0.25) is 14.3 Å². The number of ether oxygens (including phenoxy) is 1. The second kappa shape index (κ2) is 6.18. The average Bonchev–Trinajstić information content (AvgIpc) is 3.12. The summed E-state index contributed by atoms with van der Waals surface area (Å²) >= 11 is 0. The quantitative estimate of drug-likeness (QED) is 0.379. The van der Waals surface area contributed by atoms with Crippen LogP contribution in [0.3, 0.4) is 0 Å². The number of unbranched alkanes of at least 4 members (excludes halogenated alkanes) is 1. The van der Waals surface area contributed by atoms with Gasteiger partial charge in [0, 0.05) is 0 Å². The summed E-state index contributed by atoms with van der Waals surface area (Å²) < 4.78 is 13.1. The number of aliphatic hydroxyl groups excluding tert-OH is 2. The van der Waals surface area contributed by atoms with Crippen LogP contribution in [0, 0.1) is 0 Å². The number of hydrogen-bond acceptors (Lipinski definition) is 8. The molecule has 0 aromatic carbocycles. The molecule has 4 heterocycles. The third kappa shape index (κ3) is 2.77. The molecule has 2 aromatic rings. The van der Waals surface area contributed by atoms with E-state index in [0.29, 0.717) is 0 Å². The number of aromatic nitrogens is 4. The molecule has 0 bridgehead atoms. The number of H-pyrrole nitrogens is 1. The summed E-state index contributed by atoms with van der Waals surface area (Å²) in [5.74, 6) is -0.0543. The Morgan fingerprint density at radius 3 is 3.00 bits per heavy atom. The maximum absolute atomic E-state index is 11.9. The smallest absolute Gasteiger partial charge is 0.280 e. The van der Waals surface area contributed by atoms with E-state index in [1.54, 1.807) is 0 Å². The van der Waals surface area contributed by atoms with Gasteiger partial charge < -0.3 is 25.1 Å². The Bertz CT molecular complexity index is 841. The minimum absolute atomic E-state index is 0.0543. The highest BCUT2D eigenvalue weighted by Gasteiger charge is 2.56. The van der Waals surface area contributed by atoms with Gasteiger partial charge in [-0.15, -0.1) is 0 Å². The molecule has 2 aliphatic heterocycles. The van der Waals surface area contributed by atoms with E-state index in [2.05, 4.69) is 21.9 Å². The lowest BCUT2D eigenvalue weighted by atomic mass is 10.1. The van der Waals surface area contributed by atoms with Gasteiger partial charge in [0.15, 0.2) is 17.4 Å². The van der Waals surface area contributed by atoms with E-state index in [4.69, 9.17) is 14.9 Å². The molecule has 0 saturated carbocycles. The summed E-state index contributed by atoms with van der Waals surface area (Å²) in [6.07, 6.45) is -0.161. The SMILES string of the molecule is CCCC[SiH]1OC1[C@H]1O[C@@H](n2cnc3c(=O)[nH]c(N)nc32)[C@H](O)[C@@H]1O. The van der Waals surface area contributed by atoms with Gasteiger partial charge in [-0.2, -0.15) is 4.98 Å². The molecule has 11 heteroatoms. The van der Waals surface area contributed by atoms with Crippen LogP contribution >= 0.6 is 0 Å². The number of hydrogen-bond donors (Lipinski definition) is 4. The van der Waals surface area contributed by atoms with Crippen molar-refractivity contribution in [1.82, 2.24) is 19.5 Å². The fourth-order valence-electron chi connectivity index (χ4n) is 3.40. The van der Waals surface area contributed by atoms with Crippen LogP contribution in [-0.4, -0.2) is 62.8 Å². The predicted octanol–water partition coefficient (Wildman–Crippen LogP) is -1.22. The highest BCUT2D eigenvalue weighted by Crippen LogP contribution is 2.39. The average molecular weight is 367 g/mol. The molecule has 2 unspecified atom stereocenters. The molecular formula is C14H21N5O5Si. The number of nitrogen functional groups attached to an aromatic ring is 1. The van der Waals surface area contributed by atoms with Crippen molar-refractivity contribution in [3.8, 4) is 0 Å². The minimum Gasteiger partial charge on any atom is -0.412 e. The minimum atomic E-state index is -1.36. The normalized spacial score (nSPS) is 34.7. The molecule has 2 aliphatic rings. The standard InChI is InChI=1S/C14H21N5O5Si/c1-2-3-4-25-13(24-25)9-7(20)8(21)12(23-9)19-5-16-6-10(19)17-14(15)18-11(6)22/h5,7-9,12-13,20-21,25H,2-4H2,1H3,(H3,15,17,18,22)/t7-,8+,9-,12+,13?,25?/m0/s1. The highest BCUT2D eigenvalue weighted by atomic mass is 28.3. The molecule has 0 aliphatic carbocycles. The Morgan fingerprint density at radius 1 is 1.44 bits per heavy atom. The molecule has 5 N–H and O–H groups in total. The molecule has 6 atom stereocenters. The van der Waals surface area contributed by atoms with Crippen molar-refractivity contribution < 1.29 is 19.4 Å². The lowest BCUT2D eigenvalue weighted by Crippen LogP contribution is -2.35. The third-order valence-corrected chi connectivity index (χ3v) is 7.39. The molecule has 2 aromatic heterocycles. The van der Waals surface area contributed by atoms with E-state index in [-0.39, 0.29) is 22.8 Å². The van der Waals surface area contributed by atoms with Crippen molar-refractivity contribution in [2.24, 2.45) is 0 Å². The molecule has 2 fully saturated rings. The maximum Gasteiger partial charge on any atom is 0.280 e. The molecule has 0 amide bonds. The van der Waals surface area contributed by atoms with Gasteiger partial charge in [-0.1, -0.05) is 19.8 Å². The Kier molecular flexibility index (Phi) is 4.12. The van der Waals surface area contributed by atoms with Gasteiger partial charge in [0.1, 0.15) is 18.3 Å². The summed E-state index contributed by atoms with van der Waals surface area (Å²) in [6.45, 7) is 2.12. The number of nitrogens with zero attached hydrogens (tertiary/aromatic N) is 3. The first-order valence-corrected chi connectivity index (χ1v) is 10.4. The van der Waals surface area contributed by atoms with Crippen LogP contribution in [0.15, 0.2) is 11.1 Å². The lowest BCUT2D eigenvalue weighted by molar-refractivity contribution is -0.0421. The van der Waals surface area contributed by atoms with Crippen molar-refractivity contribution in [2.75, 3.05) is 5.73 Å². The van der Waals surface area contributed by atoms with Gasteiger partial charge in [0.25, 0.3) is 5.56 Å². The number of nitrogens with two attached hydrogens (primary N) is 1. The zero-order valence-electron chi connectivity index (χ0n) is 13.7. The number of aromatic amines is 1. The fourth-order valence-corrected chi connectivity index (χ4v) is 6.22. The number of fused-ring (bicyclic) bond motifs is 1. The van der Waals surface area contributed by atoms with Crippen LogP contribution < -0.4 is 11.3 Å². The van der Waals surface area contributed by atoms with Crippen molar-refractivity contribution in [1.29, 1.82) is 0 Å². The van der Waals surface area contributed by atoms with Gasteiger partial charge >= 0.3 is 0 Å². The van der Waals surface area contributed by atoms with Gasteiger partial charge in [0.05, 0.1) is 12.1 Å². The summed E-state index contributed by atoms with van der Waals surface area (Å²) in [4.78, 5) is 22.3. The first-order chi connectivity index (χ1) is 12.0. The molecular weight excluding hydrogens is 346 g/mol. The zero-order valence-corrected chi connectivity index (χ0v) is 14.9. The molecule has 10 nitrogen and oxygen atoms in total. The lowest BCUT2D eigenvalue weighted by Gasteiger charge is -2.16. The van der Waals surface area contributed by atoms with E-state index < -0.39 is 39.1 Å². The molecule has 2 saturated heterocycles. The first-order valence-electron chi connectivity index (χ1n) is 8.40. The van der Waals surface area contributed by atoms with Crippen LogP contribution in [-0.2, 0) is 9.16 Å². The largest absolute Gasteiger partial charge is 0.412 e. The fraction of sp³-hybridized carbons (Fsp3) is 0.643. The van der Waals surface area contributed by atoms with Crippen molar-refractivity contribution in [3.05, 3.63) is 16.7 Å². The topological polar surface area (TPSA) is 152 Å². The third-order valence-electron chi connectivity index (χ3n) is 4.79. The van der Waals surface area contributed by atoms with Crippen molar-refractivity contribution in [2.45, 2.75) is 56.1 Å². The van der Waals surface area contributed by atoms with Crippen LogP contribution in [0.1, 0.15) is 26.0 Å². The summed E-state index contributed by atoms with van der Waals surface area (Å²) in [6, 6.07) is 1.04. The number of imidazole rings is 1. The molecule has 0 radical (unpaired) electrons. The summed E-state index contributed by atoms with van der Waals surface area (Å²) in [5, 5.41) is 20.8. The second-order valence-corrected chi connectivity index (χ2v) is 9.11. The summed E-state index contributed by atoms with van der Waals surface area (Å²) in [5.41, 5.74) is 5.32. The zero-order chi connectivity index (χ0) is 17.7. The van der Waals surface area contributed by atoms with Gasteiger partial charge in [-0.05, 0) is 6.04 Å². The summed E-state index contributed by atoms with van der Waals surface area (Å²) in [7, 11) is -1.36. The van der Waals surface area contributed by atoms with Crippen LogP contribution in [0.2, 0.25) is 6.04 Å². The van der Waals surface area contributed by atoms with E-state index in [0.717, 1.165) is 18.9 Å². The first kappa shape index (κ1) is 16.7. The van der Waals surface area contributed by atoms with Crippen molar-refractivity contribution >= 4 is 26.2 Å². The van der Waals surface area contributed by atoms with E-state index >= 15 is 0 Å². The Hall–Kier alpha value is -1.79. The number of aliphatic hydroxyl groups is 2. The Morgan fingerprint density at radius 2 is 2.24 bits per heavy atom. The maximum atomic E-state index is 11.9. The molecule has 136 valence electrons. The van der Waals surface area contributed by atoms with E-state index in [9.17, 15) is 15.0 Å². The highest BCUT2D eigenvalue weighted by molar-refractivity contribution is 6.62. The number of anilines is 1. The molecule has 4 rings (SSSR count). The van der Waals surface area contributed by atoms with Crippen molar-refractivity contribution in [3.63, 3.8) is 0 Å². The molecule has 25 heavy (non-hydrogen) atoms. The van der Waals surface area contributed by atoms with Crippen LogP contribution in [0.4, 0.5) is 5.95 Å².